The summed E-state index contributed by atoms with van der Waals surface area (Å²) >= 11 is 0. The fraction of sp³-hybridized carbons (Fsp3) is 0.727. The molecule has 15 heavy (non-hydrogen) atoms. The van der Waals surface area contributed by atoms with E-state index in [1.807, 2.05) is 19.0 Å². The summed E-state index contributed by atoms with van der Waals surface area (Å²) in [7, 11) is 1.99. The minimum Gasteiger partial charge on any atom is -0.387 e. The molecule has 84 valence electrons. The number of rotatable bonds is 2. The highest BCUT2D eigenvalue weighted by Gasteiger charge is 2.29. The van der Waals surface area contributed by atoms with Crippen LogP contribution in [0.4, 0.5) is 0 Å². The molecule has 1 heterocycles. The Morgan fingerprint density at radius 3 is 2.80 bits per heavy atom. The summed E-state index contributed by atoms with van der Waals surface area (Å²) in [5.74, 6) is 2.34. The van der Waals surface area contributed by atoms with Crippen LogP contribution in [-0.2, 0) is 0 Å². The number of amidine groups is 1. The van der Waals surface area contributed by atoms with Gasteiger partial charge in [-0.05, 0) is 31.8 Å². The van der Waals surface area contributed by atoms with Gasteiger partial charge >= 0.3 is 0 Å². The Hall–Kier alpha value is -1.03. The van der Waals surface area contributed by atoms with Crippen LogP contribution < -0.4 is 11.2 Å². The largest absolute Gasteiger partial charge is 0.387 e. The first-order valence-electron chi connectivity index (χ1n) is 5.69. The van der Waals surface area contributed by atoms with E-state index in [0.29, 0.717) is 11.9 Å². The number of nitrogens with two attached hydrogens (primary N) is 1. The molecular formula is C11H20N4. The van der Waals surface area contributed by atoms with Gasteiger partial charge in [0.15, 0.2) is 0 Å². The van der Waals surface area contributed by atoms with Gasteiger partial charge in [-0.15, -0.1) is 0 Å². The van der Waals surface area contributed by atoms with E-state index in [0.717, 1.165) is 11.7 Å². The number of nitrogens with zero attached hydrogens (tertiary/aromatic N) is 2. The smallest absolute Gasteiger partial charge is 0.142 e. The molecule has 0 bridgehead atoms. The van der Waals surface area contributed by atoms with Crippen molar-refractivity contribution < 1.29 is 0 Å². The van der Waals surface area contributed by atoms with E-state index in [2.05, 4.69) is 16.5 Å². The van der Waals surface area contributed by atoms with Crippen LogP contribution >= 0.6 is 0 Å². The van der Waals surface area contributed by atoms with Crippen molar-refractivity contribution in [3.63, 3.8) is 0 Å². The summed E-state index contributed by atoms with van der Waals surface area (Å²) < 4.78 is 0. The van der Waals surface area contributed by atoms with Crippen LogP contribution in [0.25, 0.3) is 0 Å². The summed E-state index contributed by atoms with van der Waals surface area (Å²) in [5, 5.41) is 1.97. The van der Waals surface area contributed by atoms with Gasteiger partial charge < -0.3 is 5.73 Å². The van der Waals surface area contributed by atoms with Gasteiger partial charge in [0, 0.05) is 7.05 Å². The minimum absolute atomic E-state index is 0.454. The van der Waals surface area contributed by atoms with E-state index in [9.17, 15) is 0 Å². The molecule has 1 fully saturated rings. The maximum Gasteiger partial charge on any atom is 0.142 e. The van der Waals surface area contributed by atoms with E-state index in [4.69, 9.17) is 5.73 Å². The lowest BCUT2D eigenvalue weighted by Crippen LogP contribution is -2.37. The Morgan fingerprint density at radius 2 is 2.20 bits per heavy atom. The molecule has 0 radical (unpaired) electrons. The lowest BCUT2D eigenvalue weighted by molar-refractivity contribution is 0.265. The van der Waals surface area contributed by atoms with Gasteiger partial charge in [-0.3, -0.25) is 5.01 Å². The number of aliphatic imine (C=N–C) groups is 1. The predicted octanol–water partition coefficient (Wildman–Crippen LogP) is 1.21. The lowest BCUT2D eigenvalue weighted by Gasteiger charge is -2.20. The van der Waals surface area contributed by atoms with E-state index in [1.165, 1.54) is 25.7 Å². The van der Waals surface area contributed by atoms with Gasteiger partial charge in [-0.1, -0.05) is 12.8 Å². The molecule has 0 amide bonds. The number of nitrogens with one attached hydrogen (secondary N) is 1. The molecule has 0 aromatic heterocycles. The Balaban J connectivity index is 2.05. The summed E-state index contributed by atoms with van der Waals surface area (Å²) in [5.41, 5.74) is 9.02. The maximum absolute atomic E-state index is 5.59. The second kappa shape index (κ2) is 4.23. The molecule has 0 aromatic carbocycles. The van der Waals surface area contributed by atoms with E-state index >= 15 is 0 Å². The number of hydrazine groups is 1. The minimum atomic E-state index is 0.454. The normalized spacial score (nSPS) is 28.7. The molecule has 2 rings (SSSR count). The third-order valence-electron chi connectivity index (χ3n) is 3.21. The summed E-state index contributed by atoms with van der Waals surface area (Å²) in [6.45, 7) is 1.82. The van der Waals surface area contributed by atoms with E-state index in [1.54, 1.807) is 0 Å². The predicted molar refractivity (Wildman–Crippen MR) is 62.0 cm³/mol. The molecule has 1 saturated carbocycles. The second-order valence-electron chi connectivity index (χ2n) is 4.54. The van der Waals surface area contributed by atoms with Crippen molar-refractivity contribution in [2.24, 2.45) is 16.6 Å². The van der Waals surface area contributed by atoms with Gasteiger partial charge in [-0.25, -0.2) is 10.4 Å². The van der Waals surface area contributed by atoms with Crippen molar-refractivity contribution in [2.75, 3.05) is 7.05 Å². The zero-order chi connectivity index (χ0) is 10.8. The molecule has 4 nitrogen and oxygen atoms in total. The van der Waals surface area contributed by atoms with Crippen molar-refractivity contribution in [1.82, 2.24) is 10.4 Å². The zero-order valence-corrected chi connectivity index (χ0v) is 9.53. The molecule has 0 spiro atoms. The van der Waals surface area contributed by atoms with Crippen LogP contribution in [0, 0.1) is 5.92 Å². The zero-order valence-electron chi connectivity index (χ0n) is 9.53. The Kier molecular flexibility index (Phi) is 2.95. The Labute approximate surface area is 91.2 Å². The summed E-state index contributed by atoms with van der Waals surface area (Å²) in [6, 6.07) is 0.454. The van der Waals surface area contributed by atoms with Gasteiger partial charge in [0.1, 0.15) is 5.82 Å². The third-order valence-corrected chi connectivity index (χ3v) is 3.21. The average Bonchev–Trinajstić information content (AvgIpc) is 2.75. The molecule has 1 aliphatic carbocycles. The van der Waals surface area contributed by atoms with Crippen molar-refractivity contribution in [3.05, 3.63) is 11.9 Å². The Bertz CT molecular complexity index is 285. The SMILES string of the molecule is C/C(N)=N/C1=CC(C2CCCC2)NN1C. The first-order valence-corrected chi connectivity index (χ1v) is 5.69. The van der Waals surface area contributed by atoms with Crippen molar-refractivity contribution in [2.45, 2.75) is 38.6 Å². The van der Waals surface area contributed by atoms with Gasteiger partial charge in [0.2, 0.25) is 0 Å². The van der Waals surface area contributed by atoms with Crippen LogP contribution in [0.5, 0.6) is 0 Å². The fourth-order valence-electron chi connectivity index (χ4n) is 2.45. The molecule has 4 heteroatoms. The van der Waals surface area contributed by atoms with Gasteiger partial charge in [0.05, 0.1) is 11.9 Å². The fourth-order valence-corrected chi connectivity index (χ4v) is 2.45. The highest BCUT2D eigenvalue weighted by molar-refractivity contribution is 5.78. The number of hydrogen-bond acceptors (Lipinski definition) is 3. The topological polar surface area (TPSA) is 53.6 Å². The average molecular weight is 208 g/mol. The van der Waals surface area contributed by atoms with Crippen LogP contribution in [0.1, 0.15) is 32.6 Å². The maximum atomic E-state index is 5.59. The van der Waals surface area contributed by atoms with Crippen molar-refractivity contribution in [3.8, 4) is 0 Å². The summed E-state index contributed by atoms with van der Waals surface area (Å²) in [6.07, 6.45) is 7.61. The van der Waals surface area contributed by atoms with Crippen molar-refractivity contribution >= 4 is 5.84 Å². The molecule has 0 saturated heterocycles. The quantitative estimate of drug-likeness (QED) is 0.530. The number of hydrogen-bond donors (Lipinski definition) is 2. The third kappa shape index (κ3) is 2.31. The molecule has 1 atom stereocenters. The molecule has 0 aromatic rings. The molecule has 3 N–H and O–H groups in total. The van der Waals surface area contributed by atoms with Gasteiger partial charge in [0.25, 0.3) is 0 Å². The van der Waals surface area contributed by atoms with Gasteiger partial charge in [-0.2, -0.15) is 0 Å². The molecular weight excluding hydrogens is 188 g/mol. The van der Waals surface area contributed by atoms with Crippen LogP contribution in [-0.4, -0.2) is 23.9 Å². The standard InChI is InChI=1S/C11H20N4/c1-8(12)13-11-7-10(14-15(11)2)9-5-3-4-6-9/h7,9-10,14H,3-6H2,1-2H3,(H2,12,13). The highest BCUT2D eigenvalue weighted by atomic mass is 15.6. The van der Waals surface area contributed by atoms with E-state index < -0.39 is 0 Å². The van der Waals surface area contributed by atoms with Crippen LogP contribution in [0.2, 0.25) is 0 Å². The first kappa shape index (κ1) is 10.5. The lowest BCUT2D eigenvalue weighted by atomic mass is 9.99. The summed E-state index contributed by atoms with van der Waals surface area (Å²) in [4.78, 5) is 4.30. The monoisotopic (exact) mass is 208 g/mol. The van der Waals surface area contributed by atoms with E-state index in [-0.39, 0.29) is 0 Å². The van der Waals surface area contributed by atoms with Crippen LogP contribution in [0.3, 0.4) is 0 Å². The Morgan fingerprint density at radius 1 is 1.53 bits per heavy atom. The second-order valence-corrected chi connectivity index (χ2v) is 4.54. The molecule has 2 aliphatic rings. The molecule has 1 unspecified atom stereocenters. The van der Waals surface area contributed by atoms with Crippen LogP contribution in [0.15, 0.2) is 16.9 Å². The molecule has 1 aliphatic heterocycles. The highest BCUT2D eigenvalue weighted by Crippen LogP contribution is 2.31. The first-order chi connectivity index (χ1) is 7.16. The van der Waals surface area contributed by atoms with Crippen molar-refractivity contribution in [1.29, 1.82) is 0 Å².